The fourth-order valence-corrected chi connectivity index (χ4v) is 7.98. The van der Waals surface area contributed by atoms with Crippen LogP contribution in [0.5, 0.6) is 23.0 Å². The SMILES string of the molecule is COc1ccc(C[C@H]2C(=O)N(C)[C@@H](C)C(=O)N(C)[C@H]3Cc4ccc(cc4)Oc4cc(c(Br)cc4OC)C[C@@H](C(=O)N(C)[C@H](C)C(=O)N(C)[C@@H](C)C(=O)N2C)N(C)C3=O)cc1. The highest BCUT2D eigenvalue weighted by molar-refractivity contribution is 9.10. The van der Waals surface area contributed by atoms with Gasteiger partial charge in [0.2, 0.25) is 35.4 Å². The molecule has 0 aliphatic carbocycles. The highest BCUT2D eigenvalue weighted by atomic mass is 79.9. The van der Waals surface area contributed by atoms with Crippen molar-refractivity contribution >= 4 is 51.4 Å². The zero-order chi connectivity index (χ0) is 44.3. The second-order valence-electron chi connectivity index (χ2n) is 15.6. The number of benzene rings is 3. The van der Waals surface area contributed by atoms with Crippen molar-refractivity contribution in [3.05, 3.63) is 81.8 Å². The van der Waals surface area contributed by atoms with Crippen molar-refractivity contribution in [2.24, 2.45) is 0 Å². The summed E-state index contributed by atoms with van der Waals surface area (Å²) in [5.74, 6) is -1.28. The molecule has 6 rings (SSSR count). The molecule has 1 fully saturated rings. The zero-order valence-corrected chi connectivity index (χ0v) is 37.7. The molecule has 0 aromatic heterocycles. The number of likely N-dealkylation sites (N-methyl/N-ethyl adjacent to an activating group) is 6. The zero-order valence-electron chi connectivity index (χ0n) is 36.1. The third kappa shape index (κ3) is 9.23. The van der Waals surface area contributed by atoms with Crippen LogP contribution in [0.15, 0.2) is 65.1 Å². The van der Waals surface area contributed by atoms with Crippen molar-refractivity contribution in [1.82, 2.24) is 29.4 Å². The van der Waals surface area contributed by atoms with Gasteiger partial charge in [0.25, 0.3) is 0 Å². The van der Waals surface area contributed by atoms with Crippen LogP contribution in [0.4, 0.5) is 0 Å². The maximum absolute atomic E-state index is 15.0. The average molecular weight is 892 g/mol. The van der Waals surface area contributed by atoms with Crippen LogP contribution in [0, 0.1) is 0 Å². The van der Waals surface area contributed by atoms with E-state index in [1.165, 1.54) is 78.8 Å². The third-order valence-electron chi connectivity index (χ3n) is 12.1. The first-order valence-corrected chi connectivity index (χ1v) is 20.5. The van der Waals surface area contributed by atoms with E-state index in [-0.39, 0.29) is 19.3 Å². The highest BCUT2D eigenvalue weighted by Crippen LogP contribution is 2.38. The average Bonchev–Trinajstić information content (AvgIpc) is 3.26. The molecule has 16 heteroatoms. The summed E-state index contributed by atoms with van der Waals surface area (Å²) in [4.78, 5) is 95.1. The van der Waals surface area contributed by atoms with Crippen LogP contribution in [0.3, 0.4) is 0 Å². The molecule has 3 aromatic carbocycles. The monoisotopic (exact) mass is 890 g/mol. The van der Waals surface area contributed by atoms with E-state index in [2.05, 4.69) is 15.9 Å². The highest BCUT2D eigenvalue weighted by Gasteiger charge is 2.42. The number of carbonyl (C=O) groups is 6. The molecule has 3 aromatic rings. The molecule has 3 aliphatic heterocycles. The first-order valence-electron chi connectivity index (χ1n) is 19.7. The largest absolute Gasteiger partial charge is 0.497 e. The van der Waals surface area contributed by atoms with E-state index in [0.29, 0.717) is 38.6 Å². The summed E-state index contributed by atoms with van der Waals surface area (Å²) in [6, 6.07) is 11.0. The Labute approximate surface area is 360 Å². The normalized spacial score (nSPS) is 24.1. The fraction of sp³-hybridized carbons (Fsp3) is 0.455. The smallest absolute Gasteiger partial charge is 0.246 e. The van der Waals surface area contributed by atoms with Gasteiger partial charge in [0.1, 0.15) is 47.8 Å². The molecular formula is C44H55BrN6O9. The summed E-state index contributed by atoms with van der Waals surface area (Å²) in [6.45, 7) is 4.68. The lowest BCUT2D eigenvalue weighted by Crippen LogP contribution is -2.62. The van der Waals surface area contributed by atoms with Crippen molar-refractivity contribution in [2.75, 3.05) is 56.5 Å². The van der Waals surface area contributed by atoms with Crippen molar-refractivity contribution in [1.29, 1.82) is 0 Å². The molecule has 15 nitrogen and oxygen atoms in total. The number of nitrogens with zero attached hydrogens (tertiary/aromatic N) is 6. The molecule has 3 aliphatic rings. The van der Waals surface area contributed by atoms with Gasteiger partial charge >= 0.3 is 0 Å². The van der Waals surface area contributed by atoms with Gasteiger partial charge in [0.05, 0.1) is 14.2 Å². The number of hydrogen-bond acceptors (Lipinski definition) is 9. The lowest BCUT2D eigenvalue weighted by Gasteiger charge is -2.40. The summed E-state index contributed by atoms with van der Waals surface area (Å²) in [5.41, 5.74) is 2.03. The van der Waals surface area contributed by atoms with Crippen molar-refractivity contribution in [2.45, 2.75) is 76.3 Å². The lowest BCUT2D eigenvalue weighted by molar-refractivity contribution is -0.157. The standard InChI is InChI=1S/C44H55BrN6O9/c1-25-39(52)46(4)26(2)40(53)49(7)34(20-28-12-16-31(58-10)17-13-28)42(55)48(6)27(3)41(54)50(8)35-21-29-14-18-32(19-15-29)60-38-23-30(33(45)24-37(38)59-11)22-36(43(56)47(25)5)51(9)44(35)57/h12-19,23-27,34-36H,20-22H2,1-11H3/t25-,26+,27+,34+,35+,36+/m1/s1. The summed E-state index contributed by atoms with van der Waals surface area (Å²) in [6.07, 6.45) is 0.122. The summed E-state index contributed by atoms with van der Waals surface area (Å²) < 4.78 is 17.8. The van der Waals surface area contributed by atoms with Gasteiger partial charge in [0.15, 0.2) is 11.5 Å². The Bertz CT molecular complexity index is 2120. The Hall–Kier alpha value is -5.64. The maximum Gasteiger partial charge on any atom is 0.246 e. The van der Waals surface area contributed by atoms with Crippen LogP contribution in [0.2, 0.25) is 0 Å². The number of amides is 6. The lowest BCUT2D eigenvalue weighted by atomic mass is 9.98. The fourth-order valence-electron chi connectivity index (χ4n) is 7.50. The Morgan fingerprint density at radius 2 is 1.07 bits per heavy atom. The predicted octanol–water partition coefficient (Wildman–Crippen LogP) is 3.64. The molecular weight excluding hydrogens is 836 g/mol. The quantitative estimate of drug-likeness (QED) is 0.383. The van der Waals surface area contributed by atoms with Crippen LogP contribution >= 0.6 is 15.9 Å². The van der Waals surface area contributed by atoms with Gasteiger partial charge in [-0.2, -0.15) is 0 Å². The second kappa shape index (κ2) is 18.7. The van der Waals surface area contributed by atoms with E-state index in [4.69, 9.17) is 14.2 Å². The van der Waals surface area contributed by atoms with E-state index in [1.54, 1.807) is 88.5 Å². The maximum atomic E-state index is 15.0. The van der Waals surface area contributed by atoms with Crippen molar-refractivity contribution in [3.8, 4) is 23.0 Å². The number of fused-ring (bicyclic) bond motifs is 2. The molecule has 60 heavy (non-hydrogen) atoms. The van der Waals surface area contributed by atoms with Gasteiger partial charge in [-0.1, -0.05) is 40.2 Å². The Morgan fingerprint density at radius 3 is 1.63 bits per heavy atom. The summed E-state index contributed by atoms with van der Waals surface area (Å²) >= 11 is 3.62. The van der Waals surface area contributed by atoms with Crippen LogP contribution in [0.1, 0.15) is 37.5 Å². The number of halogens is 1. The number of ether oxygens (including phenoxy) is 3. The molecule has 1 saturated heterocycles. The Kier molecular flexibility index (Phi) is 14.2. The van der Waals surface area contributed by atoms with Gasteiger partial charge in [-0.3, -0.25) is 28.8 Å². The molecule has 3 heterocycles. The second-order valence-corrected chi connectivity index (χ2v) is 16.4. The van der Waals surface area contributed by atoms with Gasteiger partial charge in [-0.15, -0.1) is 0 Å². The van der Waals surface area contributed by atoms with Gasteiger partial charge < -0.3 is 43.6 Å². The number of rotatable bonds is 4. The molecule has 0 N–H and O–H groups in total. The molecule has 0 radical (unpaired) electrons. The Balaban J connectivity index is 1.66. The van der Waals surface area contributed by atoms with Crippen LogP contribution in [-0.2, 0) is 48.0 Å². The molecule has 0 saturated carbocycles. The van der Waals surface area contributed by atoms with Gasteiger partial charge in [-0.25, -0.2) is 0 Å². The number of methoxy groups -OCH3 is 2. The van der Waals surface area contributed by atoms with Crippen LogP contribution in [-0.4, -0.2) is 158 Å². The Morgan fingerprint density at radius 1 is 0.583 bits per heavy atom. The molecule has 6 atom stereocenters. The predicted molar refractivity (Wildman–Crippen MR) is 228 cm³/mol. The summed E-state index contributed by atoms with van der Waals surface area (Å²) in [7, 11) is 12.0. The minimum atomic E-state index is -1.18. The molecule has 6 bridgehead atoms. The van der Waals surface area contributed by atoms with Crippen LogP contribution < -0.4 is 14.2 Å². The topological polar surface area (TPSA) is 150 Å². The van der Waals surface area contributed by atoms with E-state index < -0.39 is 71.7 Å². The van der Waals surface area contributed by atoms with E-state index in [0.717, 1.165) is 5.56 Å². The minimum Gasteiger partial charge on any atom is -0.497 e. The first kappa shape index (κ1) is 45.4. The molecule has 0 unspecified atom stereocenters. The van der Waals surface area contributed by atoms with Crippen molar-refractivity contribution in [3.63, 3.8) is 0 Å². The molecule has 6 amide bonds. The molecule has 322 valence electrons. The first-order chi connectivity index (χ1) is 28.3. The van der Waals surface area contributed by atoms with E-state index >= 15 is 0 Å². The van der Waals surface area contributed by atoms with E-state index in [1.807, 2.05) is 0 Å². The minimum absolute atomic E-state index is 0.0199. The van der Waals surface area contributed by atoms with Gasteiger partial charge in [0, 0.05) is 66.0 Å². The summed E-state index contributed by atoms with van der Waals surface area (Å²) in [5, 5.41) is 0. The number of carbonyl (C=O) groups excluding carboxylic acids is 6. The number of hydrogen-bond donors (Lipinski definition) is 0. The van der Waals surface area contributed by atoms with E-state index in [9.17, 15) is 28.8 Å². The van der Waals surface area contributed by atoms with Crippen molar-refractivity contribution < 1.29 is 43.0 Å². The van der Waals surface area contributed by atoms with Crippen LogP contribution in [0.25, 0.3) is 0 Å². The third-order valence-corrected chi connectivity index (χ3v) is 12.8. The molecule has 0 spiro atoms. The van der Waals surface area contributed by atoms with Gasteiger partial charge in [-0.05, 0) is 73.9 Å².